The average molecular weight is 485 g/mol. The SMILES string of the molecule is CCc1nn(CC(C)(C)COC(=O)c2cccc(C(=O)NC)c2)c2c1C(=O)NCCCOCCC2. The fourth-order valence-electron chi connectivity index (χ4n) is 4.08. The first-order valence-corrected chi connectivity index (χ1v) is 12.2. The molecule has 0 radical (unpaired) electrons. The van der Waals surface area contributed by atoms with E-state index in [4.69, 9.17) is 14.6 Å². The molecule has 3 rings (SSSR count). The summed E-state index contributed by atoms with van der Waals surface area (Å²) in [6, 6.07) is 6.44. The summed E-state index contributed by atoms with van der Waals surface area (Å²) in [5.41, 5.74) is 2.60. The summed E-state index contributed by atoms with van der Waals surface area (Å²) in [6.45, 7) is 8.45. The van der Waals surface area contributed by atoms with E-state index in [1.165, 1.54) is 6.07 Å². The smallest absolute Gasteiger partial charge is 0.338 e. The Balaban J connectivity index is 1.75. The number of nitrogens with zero attached hydrogens (tertiary/aromatic N) is 2. The number of carbonyl (C=O) groups excluding carboxylic acids is 3. The van der Waals surface area contributed by atoms with Crippen LogP contribution in [0.3, 0.4) is 0 Å². The zero-order valence-electron chi connectivity index (χ0n) is 21.1. The molecule has 2 heterocycles. The number of nitrogens with one attached hydrogen (secondary N) is 2. The summed E-state index contributed by atoms with van der Waals surface area (Å²) in [5.74, 6) is -0.849. The maximum Gasteiger partial charge on any atom is 0.338 e. The molecule has 2 N–H and O–H groups in total. The monoisotopic (exact) mass is 484 g/mol. The molecule has 0 unspecified atom stereocenters. The first-order valence-electron chi connectivity index (χ1n) is 12.2. The highest BCUT2D eigenvalue weighted by Crippen LogP contribution is 2.25. The highest BCUT2D eigenvalue weighted by molar-refractivity contribution is 5.98. The molecule has 0 spiro atoms. The molecule has 0 saturated carbocycles. The third kappa shape index (κ3) is 6.91. The predicted octanol–water partition coefficient (Wildman–Crippen LogP) is 2.77. The first kappa shape index (κ1) is 26.4. The Labute approximate surface area is 206 Å². The van der Waals surface area contributed by atoms with E-state index in [1.807, 2.05) is 25.5 Å². The van der Waals surface area contributed by atoms with Crippen molar-refractivity contribution >= 4 is 17.8 Å². The molecule has 0 saturated heterocycles. The molecule has 0 atom stereocenters. The number of aryl methyl sites for hydroxylation is 1. The Hall–Kier alpha value is -3.20. The van der Waals surface area contributed by atoms with E-state index in [0.29, 0.717) is 55.8 Å². The van der Waals surface area contributed by atoms with Crippen LogP contribution in [0.1, 0.15) is 76.1 Å². The van der Waals surface area contributed by atoms with Crippen molar-refractivity contribution < 1.29 is 23.9 Å². The molecule has 2 aromatic rings. The number of ether oxygens (including phenoxy) is 2. The van der Waals surface area contributed by atoms with Crippen LogP contribution in [0.15, 0.2) is 24.3 Å². The van der Waals surface area contributed by atoms with Gasteiger partial charge in [0.2, 0.25) is 0 Å². The van der Waals surface area contributed by atoms with Crippen LogP contribution in [0.2, 0.25) is 0 Å². The molecular weight excluding hydrogens is 448 g/mol. The topological polar surface area (TPSA) is 112 Å². The lowest BCUT2D eigenvalue weighted by molar-refractivity contribution is 0.0304. The molecule has 1 aliphatic heterocycles. The molecule has 1 aliphatic rings. The van der Waals surface area contributed by atoms with Crippen molar-refractivity contribution in [1.82, 2.24) is 20.4 Å². The highest BCUT2D eigenvalue weighted by Gasteiger charge is 2.28. The maximum atomic E-state index is 13.0. The zero-order chi connectivity index (χ0) is 25.4. The average Bonchev–Trinajstić information content (AvgIpc) is 3.17. The van der Waals surface area contributed by atoms with Gasteiger partial charge in [0.15, 0.2) is 0 Å². The standard InChI is InChI=1S/C26H36N4O5/c1-5-20-22-21(11-7-13-34-14-8-12-28-24(22)32)30(29-20)16-26(2,3)17-35-25(33)19-10-6-9-18(15-19)23(31)27-4/h6,9-10,15H,5,7-8,11-14,16-17H2,1-4H3,(H,27,31)(H,28,32). The van der Waals surface area contributed by atoms with E-state index in [-0.39, 0.29) is 18.4 Å². The molecular formula is C26H36N4O5. The van der Waals surface area contributed by atoms with Gasteiger partial charge in [0.05, 0.1) is 29.1 Å². The second-order valence-corrected chi connectivity index (χ2v) is 9.51. The number of carbonyl (C=O) groups is 3. The number of hydrogen-bond donors (Lipinski definition) is 2. The van der Waals surface area contributed by atoms with Gasteiger partial charge in [-0.2, -0.15) is 5.10 Å². The molecule has 2 amide bonds. The van der Waals surface area contributed by atoms with Gasteiger partial charge in [-0.25, -0.2) is 4.79 Å². The lowest BCUT2D eigenvalue weighted by Gasteiger charge is -2.25. The molecule has 1 aromatic carbocycles. The van der Waals surface area contributed by atoms with Gasteiger partial charge in [-0.05, 0) is 43.9 Å². The van der Waals surface area contributed by atoms with Crippen LogP contribution in [-0.4, -0.2) is 61.0 Å². The van der Waals surface area contributed by atoms with Gasteiger partial charge in [0, 0.05) is 44.3 Å². The fourth-order valence-corrected chi connectivity index (χ4v) is 4.08. The molecule has 0 bridgehead atoms. The summed E-state index contributed by atoms with van der Waals surface area (Å²) < 4.78 is 13.2. The summed E-state index contributed by atoms with van der Waals surface area (Å²) in [5, 5.41) is 10.3. The minimum atomic E-state index is -0.491. The molecule has 9 nitrogen and oxygen atoms in total. The summed E-state index contributed by atoms with van der Waals surface area (Å²) in [4.78, 5) is 37.5. The minimum absolute atomic E-state index is 0.0924. The maximum absolute atomic E-state index is 13.0. The van der Waals surface area contributed by atoms with Crippen LogP contribution in [0, 0.1) is 5.41 Å². The van der Waals surface area contributed by atoms with E-state index in [9.17, 15) is 14.4 Å². The van der Waals surface area contributed by atoms with Crippen LogP contribution < -0.4 is 10.6 Å². The van der Waals surface area contributed by atoms with Gasteiger partial charge in [-0.3, -0.25) is 14.3 Å². The largest absolute Gasteiger partial charge is 0.461 e. The Bertz CT molecular complexity index is 1060. The fraction of sp³-hybridized carbons (Fsp3) is 0.538. The van der Waals surface area contributed by atoms with Gasteiger partial charge < -0.3 is 20.1 Å². The molecule has 1 aromatic heterocycles. The number of esters is 1. The van der Waals surface area contributed by atoms with Crippen molar-refractivity contribution in [3.05, 3.63) is 52.3 Å². The van der Waals surface area contributed by atoms with Crippen molar-refractivity contribution in [2.75, 3.05) is 33.4 Å². The number of fused-ring (bicyclic) bond motifs is 1. The Morgan fingerprint density at radius 2 is 1.97 bits per heavy atom. The van der Waals surface area contributed by atoms with Crippen LogP contribution in [-0.2, 0) is 28.9 Å². The van der Waals surface area contributed by atoms with Crippen molar-refractivity contribution in [3.63, 3.8) is 0 Å². The summed E-state index contributed by atoms with van der Waals surface area (Å²) in [7, 11) is 1.54. The van der Waals surface area contributed by atoms with E-state index in [0.717, 1.165) is 24.2 Å². The van der Waals surface area contributed by atoms with Gasteiger partial charge in [0.1, 0.15) is 0 Å². The third-order valence-corrected chi connectivity index (χ3v) is 5.90. The van der Waals surface area contributed by atoms with E-state index in [2.05, 4.69) is 10.6 Å². The lowest BCUT2D eigenvalue weighted by Crippen LogP contribution is -2.29. The number of amides is 2. The zero-order valence-corrected chi connectivity index (χ0v) is 21.1. The van der Waals surface area contributed by atoms with Gasteiger partial charge in [0.25, 0.3) is 11.8 Å². The molecule has 9 heteroatoms. The number of hydrogen-bond acceptors (Lipinski definition) is 6. The minimum Gasteiger partial charge on any atom is -0.461 e. The number of rotatable bonds is 7. The van der Waals surface area contributed by atoms with Gasteiger partial charge in [-0.15, -0.1) is 0 Å². The summed E-state index contributed by atoms with van der Waals surface area (Å²) in [6.07, 6.45) is 2.90. The number of aromatic nitrogens is 2. The van der Waals surface area contributed by atoms with E-state index < -0.39 is 11.4 Å². The Kier molecular flexibility index (Phi) is 9.03. The lowest BCUT2D eigenvalue weighted by atomic mass is 9.94. The Morgan fingerprint density at radius 1 is 1.23 bits per heavy atom. The van der Waals surface area contributed by atoms with Gasteiger partial charge in [-0.1, -0.05) is 26.8 Å². The highest BCUT2D eigenvalue weighted by atomic mass is 16.5. The quantitative estimate of drug-likeness (QED) is 0.585. The molecule has 190 valence electrons. The molecule has 0 aliphatic carbocycles. The van der Waals surface area contributed by atoms with Gasteiger partial charge >= 0.3 is 5.97 Å². The van der Waals surface area contributed by atoms with E-state index in [1.54, 1.807) is 25.2 Å². The van der Waals surface area contributed by atoms with Crippen LogP contribution in [0.25, 0.3) is 0 Å². The second kappa shape index (κ2) is 12.0. The molecule has 35 heavy (non-hydrogen) atoms. The first-order chi connectivity index (χ1) is 16.8. The van der Waals surface area contributed by atoms with Crippen molar-refractivity contribution in [2.24, 2.45) is 5.41 Å². The second-order valence-electron chi connectivity index (χ2n) is 9.51. The number of benzene rings is 1. The van der Waals surface area contributed by atoms with Crippen molar-refractivity contribution in [1.29, 1.82) is 0 Å². The van der Waals surface area contributed by atoms with Crippen molar-refractivity contribution in [3.8, 4) is 0 Å². The summed E-state index contributed by atoms with van der Waals surface area (Å²) >= 11 is 0. The van der Waals surface area contributed by atoms with Crippen molar-refractivity contribution in [2.45, 2.75) is 53.0 Å². The third-order valence-electron chi connectivity index (χ3n) is 5.90. The van der Waals surface area contributed by atoms with Crippen LogP contribution in [0.5, 0.6) is 0 Å². The van der Waals surface area contributed by atoms with Crippen LogP contribution in [0.4, 0.5) is 0 Å². The molecule has 0 fully saturated rings. The van der Waals surface area contributed by atoms with Crippen LogP contribution >= 0.6 is 0 Å². The Morgan fingerprint density at radius 3 is 2.71 bits per heavy atom. The van der Waals surface area contributed by atoms with E-state index >= 15 is 0 Å². The normalized spacial score (nSPS) is 14.9. The predicted molar refractivity (Wildman–Crippen MR) is 132 cm³/mol.